The smallest absolute Gasteiger partial charge is 0.303 e. The van der Waals surface area contributed by atoms with Gasteiger partial charge in [-0.2, -0.15) is 0 Å². The summed E-state index contributed by atoms with van der Waals surface area (Å²) in [7, 11) is 5.58. The van der Waals surface area contributed by atoms with Gasteiger partial charge in [-0.25, -0.2) is 0 Å². The summed E-state index contributed by atoms with van der Waals surface area (Å²) in [5.41, 5.74) is 2.95. The van der Waals surface area contributed by atoms with Gasteiger partial charge in [-0.3, -0.25) is 9.59 Å². The third-order valence-corrected chi connectivity index (χ3v) is 6.35. The molecule has 1 amide bonds. The van der Waals surface area contributed by atoms with Crippen molar-refractivity contribution in [2.24, 2.45) is 0 Å². The number of methoxy groups -OCH3 is 1. The molecular formula is C24H30N2O4S. The number of carbonyl (C=O) groups excluding carboxylic acids is 2. The van der Waals surface area contributed by atoms with E-state index in [1.165, 1.54) is 6.92 Å². The summed E-state index contributed by atoms with van der Waals surface area (Å²) in [5.74, 6) is -0.195. The van der Waals surface area contributed by atoms with Crippen LogP contribution in [0.3, 0.4) is 0 Å². The molecule has 0 fully saturated rings. The van der Waals surface area contributed by atoms with Crippen LogP contribution in [0.4, 0.5) is 5.69 Å². The average Bonchev–Trinajstić information content (AvgIpc) is 2.86. The van der Waals surface area contributed by atoms with Crippen LogP contribution in [0.25, 0.3) is 0 Å². The quantitative estimate of drug-likeness (QED) is 0.483. The van der Waals surface area contributed by atoms with E-state index in [0.717, 1.165) is 27.5 Å². The van der Waals surface area contributed by atoms with Crippen molar-refractivity contribution in [1.29, 1.82) is 0 Å². The van der Waals surface area contributed by atoms with E-state index >= 15 is 0 Å². The lowest BCUT2D eigenvalue weighted by atomic mass is 9.87. The Kier molecular flexibility index (Phi) is 7.62. The summed E-state index contributed by atoms with van der Waals surface area (Å²) in [4.78, 5) is 30.7. The summed E-state index contributed by atoms with van der Waals surface area (Å²) in [6.07, 6.45) is 1.74. The van der Waals surface area contributed by atoms with Crippen LogP contribution in [0, 0.1) is 0 Å². The van der Waals surface area contributed by atoms with Gasteiger partial charge in [-0.05, 0) is 62.2 Å². The Bertz CT molecular complexity index is 930. The van der Waals surface area contributed by atoms with Crippen molar-refractivity contribution in [2.45, 2.75) is 30.3 Å². The predicted molar refractivity (Wildman–Crippen MR) is 124 cm³/mol. The van der Waals surface area contributed by atoms with E-state index in [4.69, 9.17) is 9.47 Å². The van der Waals surface area contributed by atoms with Crippen molar-refractivity contribution in [3.05, 3.63) is 53.6 Å². The molecule has 0 saturated heterocycles. The number of esters is 1. The van der Waals surface area contributed by atoms with Gasteiger partial charge in [0.15, 0.2) is 6.10 Å². The van der Waals surface area contributed by atoms with Crippen LogP contribution in [0.15, 0.2) is 47.4 Å². The summed E-state index contributed by atoms with van der Waals surface area (Å²) < 4.78 is 11.0. The minimum Gasteiger partial charge on any atom is -0.497 e. The van der Waals surface area contributed by atoms with Crippen molar-refractivity contribution in [3.63, 3.8) is 0 Å². The van der Waals surface area contributed by atoms with Gasteiger partial charge in [0.05, 0.1) is 7.11 Å². The molecule has 0 radical (unpaired) electrons. The van der Waals surface area contributed by atoms with Crippen LogP contribution in [0.5, 0.6) is 5.75 Å². The summed E-state index contributed by atoms with van der Waals surface area (Å²) in [5, 5.41) is 0. The maximum atomic E-state index is 13.8. The molecule has 1 heterocycles. The predicted octanol–water partition coefficient (Wildman–Crippen LogP) is 3.58. The van der Waals surface area contributed by atoms with Gasteiger partial charge in [0, 0.05) is 36.5 Å². The molecule has 0 saturated carbocycles. The minimum atomic E-state index is -0.893. The van der Waals surface area contributed by atoms with Crippen LogP contribution >= 0.6 is 11.8 Å². The Morgan fingerprint density at radius 2 is 1.90 bits per heavy atom. The first kappa shape index (κ1) is 23.2. The number of amides is 1. The summed E-state index contributed by atoms with van der Waals surface area (Å²) in [6, 6.07) is 13.7. The number of fused-ring (bicyclic) bond motifs is 1. The molecule has 2 aromatic carbocycles. The highest BCUT2D eigenvalue weighted by atomic mass is 32.2. The molecule has 0 bridgehead atoms. The second-order valence-corrected chi connectivity index (χ2v) is 8.71. The van der Waals surface area contributed by atoms with E-state index in [9.17, 15) is 9.59 Å². The molecule has 0 spiro atoms. The van der Waals surface area contributed by atoms with Crippen LogP contribution in [0.1, 0.15) is 24.0 Å². The molecule has 2 unspecified atom stereocenters. The number of carbonyl (C=O) groups is 2. The zero-order valence-corrected chi connectivity index (χ0v) is 19.6. The highest BCUT2D eigenvalue weighted by Gasteiger charge is 2.40. The molecule has 3 rings (SSSR count). The Morgan fingerprint density at radius 3 is 2.48 bits per heavy atom. The highest BCUT2D eigenvalue weighted by Crippen LogP contribution is 2.40. The first-order valence-electron chi connectivity index (χ1n) is 10.3. The van der Waals surface area contributed by atoms with E-state index in [0.29, 0.717) is 19.5 Å². The zero-order valence-electron chi connectivity index (χ0n) is 18.8. The number of nitrogens with zero attached hydrogens (tertiary/aromatic N) is 2. The Balaban J connectivity index is 2.14. The normalized spacial score (nSPS) is 18.5. The molecule has 31 heavy (non-hydrogen) atoms. The van der Waals surface area contributed by atoms with Gasteiger partial charge >= 0.3 is 5.97 Å². The monoisotopic (exact) mass is 442 g/mol. The van der Waals surface area contributed by atoms with Crippen molar-refractivity contribution in [2.75, 3.05) is 45.5 Å². The van der Waals surface area contributed by atoms with Crippen LogP contribution < -0.4 is 9.64 Å². The van der Waals surface area contributed by atoms with Gasteiger partial charge < -0.3 is 19.3 Å². The molecular weight excluding hydrogens is 412 g/mol. The van der Waals surface area contributed by atoms with Gasteiger partial charge in [-0.15, -0.1) is 11.8 Å². The summed E-state index contributed by atoms with van der Waals surface area (Å²) in [6.45, 7) is 2.58. The topological polar surface area (TPSA) is 59.1 Å². The molecule has 0 aromatic heterocycles. The Labute approximate surface area is 188 Å². The SMILES string of the molecule is COc1ccc(C2Cc3c(SC)cccc3N(CCN(C)C)C(=O)C2OC(C)=O)cc1. The first-order chi connectivity index (χ1) is 14.8. The van der Waals surface area contributed by atoms with E-state index in [1.807, 2.05) is 61.6 Å². The van der Waals surface area contributed by atoms with E-state index in [1.54, 1.807) is 23.8 Å². The van der Waals surface area contributed by atoms with Crippen molar-refractivity contribution < 1.29 is 19.1 Å². The minimum absolute atomic E-state index is 0.185. The molecule has 0 N–H and O–H groups in total. The number of ether oxygens (including phenoxy) is 2. The van der Waals surface area contributed by atoms with Gasteiger partial charge in [-0.1, -0.05) is 18.2 Å². The van der Waals surface area contributed by atoms with Crippen molar-refractivity contribution >= 4 is 29.3 Å². The van der Waals surface area contributed by atoms with Gasteiger partial charge in [0.25, 0.3) is 5.91 Å². The fraction of sp³-hybridized carbons (Fsp3) is 0.417. The zero-order chi connectivity index (χ0) is 22.5. The van der Waals surface area contributed by atoms with E-state index < -0.39 is 12.1 Å². The molecule has 166 valence electrons. The maximum absolute atomic E-state index is 13.8. The third kappa shape index (κ3) is 5.22. The standard InChI is InChI=1S/C24H30N2O4S/c1-16(27)30-23-19(17-9-11-18(29-4)12-10-17)15-20-21(7-6-8-22(20)31-5)26(24(23)28)14-13-25(2)3/h6-12,19,23H,13-15H2,1-5H3. The molecule has 2 aromatic rings. The van der Waals surface area contributed by atoms with Crippen molar-refractivity contribution in [3.8, 4) is 5.75 Å². The highest BCUT2D eigenvalue weighted by molar-refractivity contribution is 7.98. The lowest BCUT2D eigenvalue weighted by Crippen LogP contribution is -2.45. The largest absolute Gasteiger partial charge is 0.497 e. The number of rotatable bonds is 7. The molecule has 6 nitrogen and oxygen atoms in total. The molecule has 7 heteroatoms. The third-order valence-electron chi connectivity index (χ3n) is 5.53. The van der Waals surface area contributed by atoms with Crippen LogP contribution in [-0.4, -0.2) is 63.4 Å². The second kappa shape index (κ2) is 10.2. The van der Waals surface area contributed by atoms with Crippen LogP contribution in [-0.2, 0) is 20.7 Å². The van der Waals surface area contributed by atoms with E-state index in [2.05, 4.69) is 6.07 Å². The van der Waals surface area contributed by atoms with E-state index in [-0.39, 0.29) is 11.8 Å². The number of likely N-dealkylation sites (N-methyl/N-ethyl adjacent to an activating group) is 1. The fourth-order valence-corrected chi connectivity index (χ4v) is 4.61. The second-order valence-electron chi connectivity index (χ2n) is 7.86. The number of thioether (sulfide) groups is 1. The Hall–Kier alpha value is -2.51. The lowest BCUT2D eigenvalue weighted by molar-refractivity contribution is -0.154. The molecule has 2 atom stereocenters. The average molecular weight is 443 g/mol. The maximum Gasteiger partial charge on any atom is 0.303 e. The molecule has 0 aliphatic carbocycles. The van der Waals surface area contributed by atoms with Gasteiger partial charge in [0.1, 0.15) is 5.75 Å². The number of hydrogen-bond acceptors (Lipinski definition) is 6. The lowest BCUT2D eigenvalue weighted by Gasteiger charge is -2.29. The number of benzene rings is 2. The summed E-state index contributed by atoms with van der Waals surface area (Å²) >= 11 is 1.66. The molecule has 1 aliphatic rings. The fourth-order valence-electron chi connectivity index (χ4n) is 3.96. The number of hydrogen-bond donors (Lipinski definition) is 0. The number of anilines is 1. The first-order valence-corrected chi connectivity index (χ1v) is 11.5. The Morgan fingerprint density at radius 1 is 1.19 bits per heavy atom. The van der Waals surface area contributed by atoms with Crippen LogP contribution in [0.2, 0.25) is 0 Å². The van der Waals surface area contributed by atoms with Gasteiger partial charge in [0.2, 0.25) is 0 Å². The van der Waals surface area contributed by atoms with Crippen molar-refractivity contribution in [1.82, 2.24) is 4.90 Å². The molecule has 1 aliphatic heterocycles.